The van der Waals surface area contributed by atoms with Crippen molar-refractivity contribution in [2.75, 3.05) is 26.5 Å². The van der Waals surface area contributed by atoms with E-state index in [0.29, 0.717) is 30.2 Å². The third-order valence-electron chi connectivity index (χ3n) is 4.46. The summed E-state index contributed by atoms with van der Waals surface area (Å²) in [7, 11) is 0. The van der Waals surface area contributed by atoms with Gasteiger partial charge in [0.05, 0.1) is 6.54 Å². The van der Waals surface area contributed by atoms with Crippen LogP contribution in [0.4, 0.5) is 4.79 Å². The molecule has 1 N–H and O–H groups in total. The quantitative estimate of drug-likeness (QED) is 0.793. The van der Waals surface area contributed by atoms with Crippen molar-refractivity contribution >= 4 is 11.9 Å². The van der Waals surface area contributed by atoms with E-state index in [4.69, 9.17) is 14.2 Å². The standard InChI is InChI=1S/C16H18N2O6/c19-10(7-18-15(20)12-2-1-5-17(12)16(18)21)8-22-11-3-4-13-14(6-11)24-9-23-13/h3-4,6,10,12,19H,1-2,5,7-9H2/t10-,12-/m1/s1. The van der Waals surface area contributed by atoms with E-state index in [0.717, 1.165) is 11.3 Å². The summed E-state index contributed by atoms with van der Waals surface area (Å²) in [5.74, 6) is 1.54. The van der Waals surface area contributed by atoms with Crippen molar-refractivity contribution in [3.63, 3.8) is 0 Å². The second kappa shape index (κ2) is 5.86. The van der Waals surface area contributed by atoms with E-state index in [1.165, 1.54) is 0 Å². The molecule has 0 spiro atoms. The molecule has 128 valence electrons. The van der Waals surface area contributed by atoms with Crippen LogP contribution in [0.3, 0.4) is 0 Å². The minimum absolute atomic E-state index is 0.0264. The molecule has 0 bridgehead atoms. The third kappa shape index (κ3) is 2.52. The number of hydrogen-bond donors (Lipinski definition) is 1. The molecular formula is C16H18N2O6. The molecule has 1 aromatic rings. The van der Waals surface area contributed by atoms with Gasteiger partial charge in [0.25, 0.3) is 5.91 Å². The number of carbonyl (C=O) groups is 2. The number of fused-ring (bicyclic) bond motifs is 2. The van der Waals surface area contributed by atoms with Crippen LogP contribution in [-0.2, 0) is 4.79 Å². The zero-order chi connectivity index (χ0) is 16.7. The summed E-state index contributed by atoms with van der Waals surface area (Å²) in [4.78, 5) is 27.1. The van der Waals surface area contributed by atoms with Gasteiger partial charge in [-0.05, 0) is 25.0 Å². The van der Waals surface area contributed by atoms with Crippen molar-refractivity contribution < 1.29 is 28.9 Å². The van der Waals surface area contributed by atoms with Crippen molar-refractivity contribution in [2.24, 2.45) is 0 Å². The molecule has 1 aromatic carbocycles. The fourth-order valence-corrected chi connectivity index (χ4v) is 3.27. The number of ether oxygens (including phenoxy) is 3. The zero-order valence-electron chi connectivity index (χ0n) is 13.0. The average molecular weight is 334 g/mol. The molecule has 0 unspecified atom stereocenters. The third-order valence-corrected chi connectivity index (χ3v) is 4.46. The number of rotatable bonds is 5. The molecule has 2 fully saturated rings. The Hall–Kier alpha value is -2.48. The van der Waals surface area contributed by atoms with Crippen molar-refractivity contribution in [3.8, 4) is 17.2 Å². The van der Waals surface area contributed by atoms with E-state index in [1.807, 2.05) is 0 Å². The van der Waals surface area contributed by atoms with Gasteiger partial charge >= 0.3 is 6.03 Å². The SMILES string of the molecule is O=C1[C@H]2CCCN2C(=O)N1C[C@@H](O)COc1ccc2c(c1)OCO2. The number of nitrogens with zero attached hydrogens (tertiary/aromatic N) is 2. The minimum Gasteiger partial charge on any atom is -0.491 e. The zero-order valence-corrected chi connectivity index (χ0v) is 13.0. The highest BCUT2D eigenvalue weighted by atomic mass is 16.7. The molecule has 3 aliphatic heterocycles. The molecule has 0 radical (unpaired) electrons. The number of hydrogen-bond acceptors (Lipinski definition) is 6. The smallest absolute Gasteiger partial charge is 0.327 e. The largest absolute Gasteiger partial charge is 0.491 e. The Morgan fingerprint density at radius 1 is 1.29 bits per heavy atom. The lowest BCUT2D eigenvalue weighted by atomic mass is 10.2. The molecule has 8 heteroatoms. The Morgan fingerprint density at radius 3 is 2.96 bits per heavy atom. The van der Waals surface area contributed by atoms with Gasteiger partial charge in [-0.2, -0.15) is 0 Å². The Kier molecular flexibility index (Phi) is 3.68. The summed E-state index contributed by atoms with van der Waals surface area (Å²) in [5, 5.41) is 10.1. The number of aliphatic hydroxyl groups is 1. The highest BCUT2D eigenvalue weighted by Gasteiger charge is 2.47. The van der Waals surface area contributed by atoms with Gasteiger partial charge in [0, 0.05) is 12.6 Å². The predicted molar refractivity (Wildman–Crippen MR) is 80.9 cm³/mol. The first kappa shape index (κ1) is 15.1. The van der Waals surface area contributed by atoms with Gasteiger partial charge < -0.3 is 24.2 Å². The van der Waals surface area contributed by atoms with E-state index in [-0.39, 0.29) is 37.9 Å². The molecule has 24 heavy (non-hydrogen) atoms. The van der Waals surface area contributed by atoms with Crippen LogP contribution in [0.25, 0.3) is 0 Å². The number of amides is 3. The van der Waals surface area contributed by atoms with E-state index >= 15 is 0 Å². The Bertz CT molecular complexity index is 657. The predicted octanol–water partition coefficient (Wildman–Crippen LogP) is 0.582. The second-order valence-electron chi connectivity index (χ2n) is 6.06. The number of β-amino-alcohol motifs (C(OH)–C–C–N with tert-alkyl or cyclic N) is 1. The number of benzene rings is 1. The Morgan fingerprint density at radius 2 is 2.12 bits per heavy atom. The molecule has 2 saturated heterocycles. The lowest BCUT2D eigenvalue weighted by molar-refractivity contribution is -0.129. The van der Waals surface area contributed by atoms with Crippen molar-refractivity contribution in [2.45, 2.75) is 25.0 Å². The van der Waals surface area contributed by atoms with Crippen molar-refractivity contribution in [3.05, 3.63) is 18.2 Å². The van der Waals surface area contributed by atoms with Crippen LogP contribution in [0, 0.1) is 0 Å². The molecular weight excluding hydrogens is 316 g/mol. The maximum absolute atomic E-state index is 12.2. The van der Waals surface area contributed by atoms with Gasteiger partial charge in [-0.1, -0.05) is 0 Å². The van der Waals surface area contributed by atoms with Crippen LogP contribution in [0.2, 0.25) is 0 Å². The lowest BCUT2D eigenvalue weighted by Gasteiger charge is -2.19. The minimum atomic E-state index is -0.955. The summed E-state index contributed by atoms with van der Waals surface area (Å²) >= 11 is 0. The average Bonchev–Trinajstić information content (AvgIpc) is 3.28. The Balaban J connectivity index is 1.33. The molecule has 2 atom stereocenters. The first-order chi connectivity index (χ1) is 11.6. The van der Waals surface area contributed by atoms with Gasteiger partial charge in [0.15, 0.2) is 11.5 Å². The topological polar surface area (TPSA) is 88.5 Å². The highest BCUT2D eigenvalue weighted by molar-refractivity contribution is 6.04. The molecule has 4 rings (SSSR count). The van der Waals surface area contributed by atoms with Crippen LogP contribution in [-0.4, -0.2) is 65.5 Å². The maximum Gasteiger partial charge on any atom is 0.327 e. The number of aliphatic hydroxyl groups excluding tert-OH is 1. The number of imide groups is 1. The summed E-state index contributed by atoms with van der Waals surface area (Å²) in [6, 6.07) is 4.45. The highest BCUT2D eigenvalue weighted by Crippen LogP contribution is 2.35. The van der Waals surface area contributed by atoms with Crippen LogP contribution >= 0.6 is 0 Å². The molecule has 8 nitrogen and oxygen atoms in total. The van der Waals surface area contributed by atoms with E-state index < -0.39 is 6.10 Å². The van der Waals surface area contributed by atoms with Crippen LogP contribution < -0.4 is 14.2 Å². The molecule has 0 saturated carbocycles. The molecule has 3 amide bonds. The van der Waals surface area contributed by atoms with Crippen LogP contribution in [0.15, 0.2) is 18.2 Å². The van der Waals surface area contributed by atoms with Gasteiger partial charge in [-0.15, -0.1) is 0 Å². The summed E-state index contributed by atoms with van der Waals surface area (Å²) in [6.07, 6.45) is 0.597. The van der Waals surface area contributed by atoms with Crippen molar-refractivity contribution in [1.29, 1.82) is 0 Å². The number of urea groups is 1. The van der Waals surface area contributed by atoms with E-state index in [9.17, 15) is 14.7 Å². The molecule has 0 aliphatic carbocycles. The van der Waals surface area contributed by atoms with Gasteiger partial charge in [0.2, 0.25) is 6.79 Å². The molecule has 3 heterocycles. The van der Waals surface area contributed by atoms with Gasteiger partial charge in [-0.25, -0.2) is 4.79 Å². The normalized spacial score (nSPS) is 23.0. The first-order valence-corrected chi connectivity index (χ1v) is 7.96. The Labute approximate surface area is 138 Å². The van der Waals surface area contributed by atoms with E-state index in [1.54, 1.807) is 23.1 Å². The molecule has 0 aromatic heterocycles. The second-order valence-corrected chi connectivity index (χ2v) is 6.06. The fraction of sp³-hybridized carbons (Fsp3) is 0.500. The fourth-order valence-electron chi connectivity index (χ4n) is 3.27. The first-order valence-electron chi connectivity index (χ1n) is 7.96. The van der Waals surface area contributed by atoms with Crippen molar-refractivity contribution in [1.82, 2.24) is 9.80 Å². The summed E-state index contributed by atoms with van der Waals surface area (Å²) in [5.41, 5.74) is 0. The van der Waals surface area contributed by atoms with E-state index in [2.05, 4.69) is 0 Å². The van der Waals surface area contributed by atoms with Crippen LogP contribution in [0.5, 0.6) is 17.2 Å². The van der Waals surface area contributed by atoms with Gasteiger partial charge in [-0.3, -0.25) is 9.69 Å². The van der Waals surface area contributed by atoms with Crippen LogP contribution in [0.1, 0.15) is 12.8 Å². The van der Waals surface area contributed by atoms with Gasteiger partial charge in [0.1, 0.15) is 24.5 Å². The maximum atomic E-state index is 12.2. The lowest BCUT2D eigenvalue weighted by Crippen LogP contribution is -2.41. The molecule has 3 aliphatic rings. The monoisotopic (exact) mass is 334 g/mol. The summed E-state index contributed by atoms with van der Waals surface area (Å²) < 4.78 is 16.0. The number of carbonyl (C=O) groups excluding carboxylic acids is 2. The summed E-state index contributed by atoms with van der Waals surface area (Å²) in [6.45, 7) is 0.699.